The maximum absolute atomic E-state index is 13.2. The van der Waals surface area contributed by atoms with Crippen molar-refractivity contribution in [2.45, 2.75) is 6.54 Å². The first-order chi connectivity index (χ1) is 8.61. The van der Waals surface area contributed by atoms with Crippen LogP contribution in [0.25, 0.3) is 11.1 Å². The van der Waals surface area contributed by atoms with Crippen molar-refractivity contribution in [3.63, 3.8) is 0 Å². The van der Waals surface area contributed by atoms with E-state index in [0.29, 0.717) is 17.1 Å². The quantitative estimate of drug-likeness (QED) is 0.886. The summed E-state index contributed by atoms with van der Waals surface area (Å²) >= 11 is 5.93. The van der Waals surface area contributed by atoms with Crippen LogP contribution in [0, 0.1) is 11.6 Å². The molecule has 0 atom stereocenters. The summed E-state index contributed by atoms with van der Waals surface area (Å²) in [6.45, 7) is 0.606. The lowest BCUT2D eigenvalue weighted by molar-refractivity contribution is 0.509. The van der Waals surface area contributed by atoms with E-state index in [4.69, 9.17) is 11.6 Å². The lowest BCUT2D eigenvalue weighted by Gasteiger charge is -2.10. The molecule has 0 saturated carbocycles. The molecule has 2 rings (SSSR count). The summed E-state index contributed by atoms with van der Waals surface area (Å²) in [6, 6.07) is 9.23. The number of rotatable bonds is 3. The smallest absolute Gasteiger partial charge is 0.159 e. The number of nitrogens with one attached hydrogen (secondary N) is 1. The molecule has 2 aromatic carbocycles. The highest BCUT2D eigenvalue weighted by Crippen LogP contribution is 2.27. The van der Waals surface area contributed by atoms with Crippen LogP contribution in [-0.2, 0) is 6.54 Å². The minimum atomic E-state index is -0.849. The van der Waals surface area contributed by atoms with Crippen LogP contribution in [0.4, 0.5) is 8.78 Å². The molecule has 0 bridgehead atoms. The van der Waals surface area contributed by atoms with Gasteiger partial charge in [-0.3, -0.25) is 0 Å². The standard InChI is InChI=1S/C14H12ClF2N/c1-18-8-10-6-11(15)3-4-12(10)9-2-5-13(16)14(17)7-9/h2-7,18H,8H2,1H3. The maximum atomic E-state index is 13.2. The van der Waals surface area contributed by atoms with Crippen LogP contribution >= 0.6 is 11.6 Å². The number of hydrogen-bond acceptors (Lipinski definition) is 1. The first-order valence-corrected chi connectivity index (χ1v) is 5.88. The second-order valence-corrected chi connectivity index (χ2v) is 4.40. The van der Waals surface area contributed by atoms with Gasteiger partial charge < -0.3 is 5.32 Å². The van der Waals surface area contributed by atoms with Crippen LogP contribution in [0.2, 0.25) is 5.02 Å². The van der Waals surface area contributed by atoms with E-state index >= 15 is 0 Å². The highest BCUT2D eigenvalue weighted by atomic mass is 35.5. The molecule has 1 nitrogen and oxygen atoms in total. The monoisotopic (exact) mass is 267 g/mol. The van der Waals surface area contributed by atoms with Crippen molar-refractivity contribution in [2.75, 3.05) is 7.05 Å². The average molecular weight is 268 g/mol. The molecule has 0 amide bonds. The van der Waals surface area contributed by atoms with Crippen LogP contribution in [-0.4, -0.2) is 7.05 Å². The first kappa shape index (κ1) is 13.0. The van der Waals surface area contributed by atoms with E-state index in [1.54, 1.807) is 12.1 Å². The molecule has 0 aromatic heterocycles. The summed E-state index contributed by atoms with van der Waals surface area (Å²) in [5.41, 5.74) is 2.42. The molecule has 18 heavy (non-hydrogen) atoms. The Balaban J connectivity index is 2.51. The zero-order valence-electron chi connectivity index (χ0n) is 9.81. The molecule has 0 spiro atoms. The Labute approximate surface area is 109 Å². The molecule has 0 aliphatic heterocycles. The van der Waals surface area contributed by atoms with E-state index in [2.05, 4.69) is 5.32 Å². The summed E-state index contributed by atoms with van der Waals surface area (Å²) in [6.07, 6.45) is 0. The van der Waals surface area contributed by atoms with E-state index in [1.165, 1.54) is 6.07 Å². The van der Waals surface area contributed by atoms with Crippen LogP contribution < -0.4 is 5.32 Å². The molecule has 94 valence electrons. The minimum Gasteiger partial charge on any atom is -0.316 e. The third kappa shape index (κ3) is 2.68. The Morgan fingerprint density at radius 1 is 1.06 bits per heavy atom. The fraction of sp³-hybridized carbons (Fsp3) is 0.143. The van der Waals surface area contributed by atoms with Gasteiger partial charge in [0.25, 0.3) is 0 Å². The van der Waals surface area contributed by atoms with E-state index in [0.717, 1.165) is 17.2 Å². The zero-order valence-corrected chi connectivity index (χ0v) is 10.6. The topological polar surface area (TPSA) is 12.0 Å². The third-order valence-electron chi connectivity index (χ3n) is 2.67. The van der Waals surface area contributed by atoms with Gasteiger partial charge in [-0.2, -0.15) is 0 Å². The molecule has 0 heterocycles. The SMILES string of the molecule is CNCc1cc(Cl)ccc1-c1ccc(F)c(F)c1. The molecule has 0 unspecified atom stereocenters. The number of benzene rings is 2. The fourth-order valence-corrected chi connectivity index (χ4v) is 2.04. The second kappa shape index (κ2) is 5.46. The molecular formula is C14H12ClF2N. The van der Waals surface area contributed by atoms with E-state index < -0.39 is 11.6 Å². The summed E-state index contributed by atoms with van der Waals surface area (Å²) in [5.74, 6) is -1.69. The average Bonchev–Trinajstić information content (AvgIpc) is 2.34. The van der Waals surface area contributed by atoms with Crippen molar-refractivity contribution in [1.29, 1.82) is 0 Å². The molecule has 0 aliphatic carbocycles. The van der Waals surface area contributed by atoms with E-state index in [1.807, 2.05) is 19.2 Å². The molecule has 0 radical (unpaired) electrons. The Bertz CT molecular complexity index is 570. The van der Waals surface area contributed by atoms with Crippen molar-refractivity contribution < 1.29 is 8.78 Å². The van der Waals surface area contributed by atoms with Gasteiger partial charge in [-0.25, -0.2) is 8.78 Å². The highest BCUT2D eigenvalue weighted by molar-refractivity contribution is 6.30. The summed E-state index contributed by atoms with van der Waals surface area (Å²) in [4.78, 5) is 0. The van der Waals surface area contributed by atoms with Crippen molar-refractivity contribution in [1.82, 2.24) is 5.32 Å². The predicted octanol–water partition coefficient (Wildman–Crippen LogP) is 4.00. The zero-order chi connectivity index (χ0) is 13.1. The minimum absolute atomic E-state index is 0.606. The fourth-order valence-electron chi connectivity index (χ4n) is 1.84. The number of halogens is 3. The van der Waals surface area contributed by atoms with Gasteiger partial charge in [0.2, 0.25) is 0 Å². The Morgan fingerprint density at radius 2 is 1.83 bits per heavy atom. The first-order valence-electron chi connectivity index (χ1n) is 5.50. The van der Waals surface area contributed by atoms with Crippen molar-refractivity contribution >= 4 is 11.6 Å². The van der Waals surface area contributed by atoms with Crippen molar-refractivity contribution in [2.24, 2.45) is 0 Å². The normalized spacial score (nSPS) is 10.7. The van der Waals surface area contributed by atoms with E-state index in [9.17, 15) is 8.78 Å². The van der Waals surface area contributed by atoms with Crippen LogP contribution in [0.5, 0.6) is 0 Å². The number of hydrogen-bond donors (Lipinski definition) is 1. The molecule has 2 aromatic rings. The lowest BCUT2D eigenvalue weighted by atomic mass is 9.99. The van der Waals surface area contributed by atoms with Crippen molar-refractivity contribution in [3.8, 4) is 11.1 Å². The molecule has 0 saturated heterocycles. The van der Waals surface area contributed by atoms with Gasteiger partial charge >= 0.3 is 0 Å². The predicted molar refractivity (Wildman–Crippen MR) is 69.6 cm³/mol. The van der Waals surface area contributed by atoms with E-state index in [-0.39, 0.29) is 0 Å². The van der Waals surface area contributed by atoms with Gasteiger partial charge in [-0.05, 0) is 48.0 Å². The van der Waals surface area contributed by atoms with Gasteiger partial charge in [0.1, 0.15) is 0 Å². The van der Waals surface area contributed by atoms with Gasteiger partial charge in [0, 0.05) is 11.6 Å². The molecule has 0 fully saturated rings. The van der Waals surface area contributed by atoms with Crippen LogP contribution in [0.1, 0.15) is 5.56 Å². The Kier molecular flexibility index (Phi) is 3.94. The van der Waals surface area contributed by atoms with Crippen LogP contribution in [0.15, 0.2) is 36.4 Å². The maximum Gasteiger partial charge on any atom is 0.159 e. The molecule has 1 N–H and O–H groups in total. The largest absolute Gasteiger partial charge is 0.316 e. The molecule has 4 heteroatoms. The molecule has 0 aliphatic rings. The summed E-state index contributed by atoms with van der Waals surface area (Å²) in [5, 5.41) is 3.64. The third-order valence-corrected chi connectivity index (χ3v) is 2.90. The Hall–Kier alpha value is -1.45. The van der Waals surface area contributed by atoms with Gasteiger partial charge in [-0.1, -0.05) is 23.7 Å². The Morgan fingerprint density at radius 3 is 2.50 bits per heavy atom. The van der Waals surface area contributed by atoms with Crippen molar-refractivity contribution in [3.05, 3.63) is 58.6 Å². The van der Waals surface area contributed by atoms with Gasteiger partial charge in [0.15, 0.2) is 11.6 Å². The van der Waals surface area contributed by atoms with Gasteiger partial charge in [0.05, 0.1) is 0 Å². The molecular weight excluding hydrogens is 256 g/mol. The van der Waals surface area contributed by atoms with Crippen LogP contribution in [0.3, 0.4) is 0 Å². The summed E-state index contributed by atoms with van der Waals surface area (Å²) in [7, 11) is 1.82. The second-order valence-electron chi connectivity index (χ2n) is 3.96. The summed E-state index contributed by atoms with van der Waals surface area (Å²) < 4.78 is 26.2. The lowest BCUT2D eigenvalue weighted by Crippen LogP contribution is -2.06. The highest BCUT2D eigenvalue weighted by Gasteiger charge is 2.08. The van der Waals surface area contributed by atoms with Gasteiger partial charge in [-0.15, -0.1) is 0 Å².